The van der Waals surface area contributed by atoms with Crippen molar-refractivity contribution in [2.24, 2.45) is 0 Å². The Labute approximate surface area is 639 Å². The van der Waals surface area contributed by atoms with Gasteiger partial charge < -0.3 is 33.8 Å². The van der Waals surface area contributed by atoms with Gasteiger partial charge in [-0.1, -0.05) is 266 Å². The lowest BCUT2D eigenvalue weighted by molar-refractivity contribution is -0.161. The number of aliphatic hydroxyl groups excluding tert-OH is 1. The Morgan fingerprint density at radius 1 is 0.264 bits per heavy atom. The average Bonchev–Trinajstić information content (AvgIpc) is 0.909. The first-order valence-electron chi connectivity index (χ1n) is 39.3. The second-order valence-electron chi connectivity index (χ2n) is 25.1. The predicted octanol–water partition coefficient (Wildman–Crippen LogP) is 23.1. The molecule has 0 amide bonds. The molecule has 0 heterocycles. The second kappa shape index (κ2) is 76.8. The van der Waals surface area contributed by atoms with Crippen molar-refractivity contribution in [1.29, 1.82) is 0 Å². The highest BCUT2D eigenvalue weighted by Crippen LogP contribution is 2.45. The van der Waals surface area contributed by atoms with Crippen LogP contribution in [0.2, 0.25) is 0 Å². The number of phosphoric acid groups is 2. The van der Waals surface area contributed by atoms with Gasteiger partial charge in [0.15, 0.2) is 12.2 Å². The molecule has 596 valence electrons. The van der Waals surface area contributed by atoms with E-state index in [2.05, 4.69) is 210 Å². The molecule has 0 saturated carbocycles. The van der Waals surface area contributed by atoms with E-state index in [-0.39, 0.29) is 25.7 Å². The summed E-state index contributed by atoms with van der Waals surface area (Å²) < 4.78 is 68.4. The van der Waals surface area contributed by atoms with E-state index in [9.17, 15) is 43.2 Å². The highest BCUT2D eigenvalue weighted by Gasteiger charge is 2.30. The van der Waals surface area contributed by atoms with Crippen LogP contribution in [0.4, 0.5) is 0 Å². The van der Waals surface area contributed by atoms with Gasteiger partial charge in [0.25, 0.3) is 0 Å². The summed E-state index contributed by atoms with van der Waals surface area (Å²) in [6.45, 7) is 4.19. The van der Waals surface area contributed by atoms with Crippen LogP contribution in [0.3, 0.4) is 0 Å². The van der Waals surface area contributed by atoms with E-state index < -0.39 is 97.5 Å². The lowest BCUT2D eigenvalue weighted by Crippen LogP contribution is -2.30. The highest BCUT2D eigenvalue weighted by molar-refractivity contribution is 7.47. The summed E-state index contributed by atoms with van der Waals surface area (Å²) in [7, 11) is -10.0. The van der Waals surface area contributed by atoms with Crippen LogP contribution >= 0.6 is 15.6 Å². The van der Waals surface area contributed by atoms with Crippen molar-refractivity contribution in [2.75, 3.05) is 39.6 Å². The minimum Gasteiger partial charge on any atom is -0.462 e. The van der Waals surface area contributed by atoms with Crippen molar-refractivity contribution < 1.29 is 80.2 Å². The Kier molecular flexibility index (Phi) is 72.2. The van der Waals surface area contributed by atoms with Crippen LogP contribution in [0.5, 0.6) is 0 Å². The number of ether oxygens (including phenoxy) is 4. The van der Waals surface area contributed by atoms with Gasteiger partial charge in [0, 0.05) is 25.7 Å². The third kappa shape index (κ3) is 75.9. The largest absolute Gasteiger partial charge is 0.472 e. The number of carbonyl (C=O) groups excluding carboxylic acids is 4. The lowest BCUT2D eigenvalue weighted by Gasteiger charge is -2.21. The molecule has 5 atom stereocenters. The molecule has 0 saturated heterocycles. The predicted molar refractivity (Wildman–Crippen MR) is 435 cm³/mol. The molecule has 17 nitrogen and oxygen atoms in total. The Bertz CT molecular complexity index is 2830. The minimum absolute atomic E-state index is 0.0170. The van der Waals surface area contributed by atoms with E-state index in [4.69, 9.17) is 37.0 Å². The fourth-order valence-electron chi connectivity index (χ4n) is 9.42. The molecule has 0 aliphatic rings. The molecule has 106 heavy (non-hydrogen) atoms. The van der Waals surface area contributed by atoms with E-state index in [1.54, 1.807) is 0 Å². The van der Waals surface area contributed by atoms with E-state index in [0.717, 1.165) is 167 Å². The summed E-state index contributed by atoms with van der Waals surface area (Å²) >= 11 is 0. The molecule has 0 aromatic heterocycles. The first-order chi connectivity index (χ1) is 51.7. The lowest BCUT2D eigenvalue weighted by atomic mass is 10.1. The van der Waals surface area contributed by atoms with Crippen molar-refractivity contribution in [1.82, 2.24) is 0 Å². The van der Waals surface area contributed by atoms with Gasteiger partial charge >= 0.3 is 39.5 Å². The summed E-state index contributed by atoms with van der Waals surface area (Å²) in [6, 6.07) is 0. The Morgan fingerprint density at radius 3 is 0.783 bits per heavy atom. The molecule has 0 aromatic carbocycles. The molecule has 0 aliphatic heterocycles. The molecule has 0 aliphatic carbocycles. The SMILES string of the molecule is CC/C=C\C/C=C\C/C=C\C/C=C\C/C=C\C/C=C\CCC(=O)OCC(COP(=O)(O)OCC(O)COP(=O)(O)OCC(COC(=O)CCCCCC/C=C\C/C=C\C/C=C\C/C=C\CC)OC(=O)CCCCCCC/C=C\C/C=C\C/C=C\CC)OC(=O)CCCC/C=C\C/C=C\C/C=C\C/C=C\CC. The quantitative estimate of drug-likeness (QED) is 0.0169. The van der Waals surface area contributed by atoms with Crippen LogP contribution in [-0.4, -0.2) is 96.7 Å². The van der Waals surface area contributed by atoms with Crippen LogP contribution in [0, 0.1) is 0 Å². The molecule has 0 radical (unpaired) electrons. The van der Waals surface area contributed by atoms with Gasteiger partial charge in [0.05, 0.1) is 26.4 Å². The van der Waals surface area contributed by atoms with Crippen LogP contribution < -0.4 is 0 Å². The Morgan fingerprint density at radius 2 is 0.481 bits per heavy atom. The van der Waals surface area contributed by atoms with Crippen molar-refractivity contribution >= 4 is 39.5 Å². The average molecular weight is 1520 g/mol. The van der Waals surface area contributed by atoms with Gasteiger partial charge in [0.1, 0.15) is 19.3 Å². The molecule has 0 rings (SSSR count). The molecule has 0 spiro atoms. The maximum Gasteiger partial charge on any atom is 0.472 e. The van der Waals surface area contributed by atoms with Crippen LogP contribution in [0.15, 0.2) is 207 Å². The standard InChI is InChI=1S/C87H136O17P2/c1-5-9-13-17-21-25-29-33-37-39-40-42-46-48-52-56-60-64-68-72-85(90)98-78-83(104-87(92)74-70-66-62-58-54-50-44-36-32-28-24-20-16-12-8-4)80-102-106(95,96)100-76-81(88)75-99-105(93,94)101-79-82(103-86(91)73-69-65-61-57-53-49-43-35-31-27-23-19-15-11-7-3)77-97-84(89)71-67-63-59-55-51-47-45-41-38-34-30-26-22-18-14-10-6-2/h9-16,21-28,33-38,40,42-45,47-48,52,54,58,60,64,81-83,88H,5-8,17-20,29-32,39,41,46,49-51,53,55-57,59,61-63,65-80H2,1-4H3,(H,93,94)(H,95,96)/b13-9-,14-10-,15-11-,16-12-,25-21-,26-22-,27-23-,28-24-,37-33-,38-34-,42-40-,43-35-,44-36-,47-45-,52-48-,58-54-,64-60-. The zero-order valence-corrected chi connectivity index (χ0v) is 66.8. The van der Waals surface area contributed by atoms with E-state index in [1.807, 2.05) is 24.3 Å². The molecular formula is C87H136O17P2. The summed E-state index contributed by atoms with van der Waals surface area (Å²) in [4.78, 5) is 73.0. The highest BCUT2D eigenvalue weighted by atomic mass is 31.2. The molecular weight excluding hydrogens is 1380 g/mol. The molecule has 0 bridgehead atoms. The van der Waals surface area contributed by atoms with E-state index in [1.165, 1.54) is 0 Å². The minimum atomic E-state index is -5.02. The summed E-state index contributed by atoms with van der Waals surface area (Å²) in [6.07, 6.45) is 95.4. The number of hydrogen-bond acceptors (Lipinski definition) is 15. The topological polar surface area (TPSA) is 237 Å². The van der Waals surface area contributed by atoms with Gasteiger partial charge in [-0.3, -0.25) is 37.3 Å². The van der Waals surface area contributed by atoms with Crippen LogP contribution in [-0.2, 0) is 65.4 Å². The van der Waals surface area contributed by atoms with Crippen molar-refractivity contribution in [2.45, 2.75) is 277 Å². The van der Waals surface area contributed by atoms with Crippen molar-refractivity contribution in [3.63, 3.8) is 0 Å². The van der Waals surface area contributed by atoms with Gasteiger partial charge in [-0.05, 0) is 173 Å². The van der Waals surface area contributed by atoms with Crippen molar-refractivity contribution in [3.05, 3.63) is 207 Å². The van der Waals surface area contributed by atoms with Gasteiger partial charge in [-0.25, -0.2) is 9.13 Å². The molecule has 3 N–H and O–H groups in total. The van der Waals surface area contributed by atoms with Crippen LogP contribution in [0.1, 0.15) is 259 Å². The molecule has 0 aromatic rings. The zero-order chi connectivity index (χ0) is 77.4. The maximum absolute atomic E-state index is 13.1. The van der Waals surface area contributed by atoms with Gasteiger partial charge in [-0.15, -0.1) is 0 Å². The molecule has 19 heteroatoms. The first-order valence-corrected chi connectivity index (χ1v) is 42.3. The van der Waals surface area contributed by atoms with Crippen molar-refractivity contribution in [3.8, 4) is 0 Å². The fourth-order valence-corrected chi connectivity index (χ4v) is 11.0. The molecule has 5 unspecified atom stereocenters. The normalized spacial score (nSPS) is 15.0. The maximum atomic E-state index is 13.1. The summed E-state index contributed by atoms with van der Waals surface area (Å²) in [5.74, 6) is -2.39. The van der Waals surface area contributed by atoms with Gasteiger partial charge in [0.2, 0.25) is 0 Å². The zero-order valence-electron chi connectivity index (χ0n) is 65.0. The number of aliphatic hydroxyl groups is 1. The van der Waals surface area contributed by atoms with E-state index >= 15 is 0 Å². The third-order valence-electron chi connectivity index (χ3n) is 15.2. The second-order valence-corrected chi connectivity index (χ2v) is 28.0. The summed E-state index contributed by atoms with van der Waals surface area (Å²) in [5, 5.41) is 10.6. The van der Waals surface area contributed by atoms with Crippen LogP contribution in [0.25, 0.3) is 0 Å². The van der Waals surface area contributed by atoms with E-state index in [0.29, 0.717) is 38.5 Å². The fraction of sp³-hybridized carbons (Fsp3) is 0.563. The number of allylic oxidation sites excluding steroid dienone is 34. The Balaban J connectivity index is 5.53. The monoisotopic (exact) mass is 1510 g/mol. The number of unbranched alkanes of at least 4 members (excludes halogenated alkanes) is 11. The molecule has 0 fully saturated rings. The van der Waals surface area contributed by atoms with Gasteiger partial charge in [-0.2, -0.15) is 0 Å². The smallest absolute Gasteiger partial charge is 0.462 e. The Hall–Kier alpha value is -6.36. The number of rotatable bonds is 71. The number of hydrogen-bond donors (Lipinski definition) is 3. The number of carbonyl (C=O) groups is 4. The third-order valence-corrected chi connectivity index (χ3v) is 17.1. The number of esters is 4. The first kappa shape index (κ1) is 99.6. The number of phosphoric ester groups is 2. The summed E-state index contributed by atoms with van der Waals surface area (Å²) in [5.41, 5.74) is 0.